The van der Waals surface area contributed by atoms with Crippen LogP contribution in [0.25, 0.3) is 6.08 Å². The number of benzene rings is 3. The smallest absolute Gasteiger partial charge is 0.335 e. The van der Waals surface area contributed by atoms with E-state index in [0.717, 1.165) is 11.3 Å². The van der Waals surface area contributed by atoms with Crippen LogP contribution in [-0.4, -0.2) is 31.6 Å². The van der Waals surface area contributed by atoms with Gasteiger partial charge in [0.15, 0.2) is 11.5 Å². The zero-order valence-electron chi connectivity index (χ0n) is 20.6. The summed E-state index contributed by atoms with van der Waals surface area (Å²) in [6, 6.07) is 15.0. The minimum absolute atomic E-state index is 0.0394. The predicted molar refractivity (Wildman–Crippen MR) is 143 cm³/mol. The molecule has 4 amide bonds. The first kappa shape index (κ1) is 26.9. The Kier molecular flexibility index (Phi) is 8.42. The summed E-state index contributed by atoms with van der Waals surface area (Å²) in [7, 11) is 1.43. The molecule has 0 aromatic heterocycles. The van der Waals surface area contributed by atoms with E-state index in [2.05, 4.69) is 21.2 Å². The lowest BCUT2D eigenvalue weighted by Crippen LogP contribution is -2.54. The molecule has 0 bridgehead atoms. The second-order valence-electron chi connectivity index (χ2n) is 8.21. The molecule has 1 heterocycles. The van der Waals surface area contributed by atoms with Crippen molar-refractivity contribution >= 4 is 45.5 Å². The fraction of sp³-hybridized carbons (Fsp3) is 0.179. The van der Waals surface area contributed by atoms with E-state index >= 15 is 0 Å². The zero-order valence-corrected chi connectivity index (χ0v) is 22.2. The molecule has 1 N–H and O–H groups in total. The molecule has 4 rings (SSSR count). The minimum Gasteiger partial charge on any atom is -0.494 e. The first-order chi connectivity index (χ1) is 18.3. The van der Waals surface area contributed by atoms with Crippen molar-refractivity contribution in [3.05, 3.63) is 87.7 Å². The van der Waals surface area contributed by atoms with Gasteiger partial charge >= 0.3 is 6.03 Å². The Morgan fingerprint density at radius 3 is 2.45 bits per heavy atom. The van der Waals surface area contributed by atoms with E-state index in [0.29, 0.717) is 39.5 Å². The summed E-state index contributed by atoms with van der Waals surface area (Å²) < 4.78 is 31.2. The lowest BCUT2D eigenvalue weighted by molar-refractivity contribution is -0.122. The van der Waals surface area contributed by atoms with Crippen LogP contribution in [0.5, 0.6) is 17.2 Å². The van der Waals surface area contributed by atoms with E-state index in [1.165, 1.54) is 19.3 Å². The Hall–Kier alpha value is -4.18. The molecule has 196 valence electrons. The summed E-state index contributed by atoms with van der Waals surface area (Å²) in [6.07, 6.45) is 2.19. The maximum Gasteiger partial charge on any atom is 0.335 e. The lowest BCUT2D eigenvalue weighted by atomic mass is 10.1. The van der Waals surface area contributed by atoms with Crippen molar-refractivity contribution in [1.29, 1.82) is 0 Å². The van der Waals surface area contributed by atoms with Crippen molar-refractivity contribution < 1.29 is 33.0 Å². The Balaban J connectivity index is 1.60. The van der Waals surface area contributed by atoms with Crippen LogP contribution in [0.3, 0.4) is 0 Å². The van der Waals surface area contributed by atoms with Gasteiger partial charge in [-0.2, -0.15) is 0 Å². The number of hydrogen-bond donors (Lipinski definition) is 1. The molecule has 0 aliphatic carbocycles. The lowest BCUT2D eigenvalue weighted by Gasteiger charge is -2.26. The van der Waals surface area contributed by atoms with Gasteiger partial charge in [0, 0.05) is 5.56 Å². The number of halogens is 2. The number of carbonyl (C=O) groups excluding carboxylic acids is 3. The largest absolute Gasteiger partial charge is 0.494 e. The third-order valence-electron chi connectivity index (χ3n) is 5.56. The van der Waals surface area contributed by atoms with Gasteiger partial charge in [0.05, 0.1) is 23.9 Å². The van der Waals surface area contributed by atoms with Crippen molar-refractivity contribution in [1.82, 2.24) is 5.32 Å². The van der Waals surface area contributed by atoms with Crippen molar-refractivity contribution in [3.8, 4) is 17.2 Å². The Morgan fingerprint density at radius 1 is 1.03 bits per heavy atom. The molecule has 3 aromatic carbocycles. The molecule has 38 heavy (non-hydrogen) atoms. The van der Waals surface area contributed by atoms with Gasteiger partial charge in [-0.1, -0.05) is 25.1 Å². The van der Waals surface area contributed by atoms with Crippen LogP contribution in [0.2, 0.25) is 0 Å². The highest BCUT2D eigenvalue weighted by molar-refractivity contribution is 9.10. The van der Waals surface area contributed by atoms with E-state index in [1.807, 2.05) is 6.92 Å². The molecular weight excluding hydrogens is 559 g/mol. The van der Waals surface area contributed by atoms with E-state index in [1.54, 1.807) is 54.6 Å². The third-order valence-corrected chi connectivity index (χ3v) is 6.15. The molecular formula is C28H24BrFN2O6. The van der Waals surface area contributed by atoms with Crippen molar-refractivity contribution in [2.75, 3.05) is 18.6 Å². The van der Waals surface area contributed by atoms with Gasteiger partial charge in [-0.3, -0.25) is 14.9 Å². The number of urea groups is 1. The molecule has 0 radical (unpaired) electrons. The summed E-state index contributed by atoms with van der Waals surface area (Å²) in [5.41, 5.74) is 0.838. The number of carbonyl (C=O) groups is 3. The predicted octanol–water partition coefficient (Wildman–Crippen LogP) is 5.63. The third kappa shape index (κ3) is 5.86. The number of nitrogens with one attached hydrogen (secondary N) is 1. The molecule has 10 heteroatoms. The highest BCUT2D eigenvalue weighted by Gasteiger charge is 2.37. The molecule has 1 saturated heterocycles. The number of anilines is 1. The standard InChI is InChI=1S/C28H24BrFN2O6/c1-3-12-37-20-10-8-19(9-11-20)32-27(34)21(26(33)31-28(32)35)13-17-14-22(29)25(24(15-17)36-2)38-16-18-6-4-5-7-23(18)30/h4-11,13-15H,3,12,16H2,1-2H3,(H,31,33,35)/b21-13-. The van der Waals surface area contributed by atoms with Gasteiger partial charge in [-0.15, -0.1) is 0 Å². The molecule has 1 aliphatic heterocycles. The van der Waals surface area contributed by atoms with Crippen LogP contribution < -0.4 is 24.4 Å². The molecule has 8 nitrogen and oxygen atoms in total. The molecule has 0 spiro atoms. The fourth-order valence-corrected chi connectivity index (χ4v) is 4.27. The van der Waals surface area contributed by atoms with Gasteiger partial charge in [-0.05, 0) is 76.5 Å². The number of barbiturate groups is 1. The highest BCUT2D eigenvalue weighted by Crippen LogP contribution is 2.38. The van der Waals surface area contributed by atoms with Crippen LogP contribution in [0.15, 0.2) is 70.7 Å². The van der Waals surface area contributed by atoms with Crippen LogP contribution >= 0.6 is 15.9 Å². The maximum atomic E-state index is 14.0. The minimum atomic E-state index is -0.852. The van der Waals surface area contributed by atoms with Gasteiger partial charge in [0.25, 0.3) is 11.8 Å². The molecule has 1 aliphatic rings. The fourth-order valence-electron chi connectivity index (χ4n) is 3.70. The number of ether oxygens (including phenoxy) is 3. The van der Waals surface area contributed by atoms with E-state index < -0.39 is 23.7 Å². The molecule has 0 atom stereocenters. The molecule has 1 fully saturated rings. The number of hydrogen-bond acceptors (Lipinski definition) is 6. The van der Waals surface area contributed by atoms with Crippen molar-refractivity contribution in [3.63, 3.8) is 0 Å². The number of methoxy groups -OCH3 is 1. The van der Waals surface area contributed by atoms with E-state index in [9.17, 15) is 18.8 Å². The second kappa shape index (κ2) is 11.9. The van der Waals surface area contributed by atoms with Crippen LogP contribution in [0, 0.1) is 5.82 Å². The monoisotopic (exact) mass is 582 g/mol. The van der Waals surface area contributed by atoms with E-state index in [-0.39, 0.29) is 17.9 Å². The van der Waals surface area contributed by atoms with Crippen molar-refractivity contribution in [2.45, 2.75) is 20.0 Å². The summed E-state index contributed by atoms with van der Waals surface area (Å²) in [5, 5.41) is 2.20. The normalized spacial score (nSPS) is 14.5. The summed E-state index contributed by atoms with van der Waals surface area (Å²) in [5.74, 6) is -0.791. The van der Waals surface area contributed by atoms with Crippen LogP contribution in [0.4, 0.5) is 14.9 Å². The maximum absolute atomic E-state index is 14.0. The zero-order chi connectivity index (χ0) is 27.2. The van der Waals surface area contributed by atoms with Crippen LogP contribution in [-0.2, 0) is 16.2 Å². The van der Waals surface area contributed by atoms with E-state index in [4.69, 9.17) is 14.2 Å². The van der Waals surface area contributed by atoms with Gasteiger partial charge in [0.1, 0.15) is 23.7 Å². The molecule has 0 unspecified atom stereocenters. The van der Waals surface area contributed by atoms with Gasteiger partial charge < -0.3 is 14.2 Å². The van der Waals surface area contributed by atoms with Crippen LogP contribution in [0.1, 0.15) is 24.5 Å². The number of amides is 4. The second-order valence-corrected chi connectivity index (χ2v) is 9.07. The Bertz CT molecular complexity index is 1410. The highest BCUT2D eigenvalue weighted by atomic mass is 79.9. The van der Waals surface area contributed by atoms with Crippen molar-refractivity contribution in [2.24, 2.45) is 0 Å². The average Bonchev–Trinajstić information content (AvgIpc) is 2.90. The molecule has 0 saturated carbocycles. The molecule has 3 aromatic rings. The number of rotatable bonds is 9. The number of nitrogens with zero attached hydrogens (tertiary/aromatic N) is 1. The summed E-state index contributed by atoms with van der Waals surface area (Å²) >= 11 is 3.42. The van der Waals surface area contributed by atoms with Gasteiger partial charge in [-0.25, -0.2) is 14.1 Å². The first-order valence-corrected chi connectivity index (χ1v) is 12.5. The Labute approximate surface area is 227 Å². The first-order valence-electron chi connectivity index (χ1n) is 11.7. The summed E-state index contributed by atoms with van der Waals surface area (Å²) in [6.45, 7) is 2.48. The quantitative estimate of drug-likeness (QED) is 0.259. The number of imide groups is 2. The topological polar surface area (TPSA) is 94.2 Å². The summed E-state index contributed by atoms with van der Waals surface area (Å²) in [4.78, 5) is 39.3. The van der Waals surface area contributed by atoms with Gasteiger partial charge in [0.2, 0.25) is 0 Å². The Morgan fingerprint density at radius 2 is 1.76 bits per heavy atom. The average molecular weight is 583 g/mol. The SMILES string of the molecule is CCCOc1ccc(N2C(=O)NC(=O)/C(=C/c3cc(Br)c(OCc4ccccc4F)c(OC)c3)C2=O)cc1.